The van der Waals surface area contributed by atoms with Gasteiger partial charge in [-0.2, -0.15) is 0 Å². The third-order valence-corrected chi connectivity index (χ3v) is 5.20. The Morgan fingerprint density at radius 2 is 1.64 bits per heavy atom. The van der Waals surface area contributed by atoms with Crippen LogP contribution in [0.1, 0.15) is 29.0 Å². The number of nitrogens with one attached hydrogen (secondary N) is 2. The summed E-state index contributed by atoms with van der Waals surface area (Å²) in [6.07, 6.45) is 3.17. The normalized spacial score (nSPS) is 12.2. The van der Waals surface area contributed by atoms with Crippen molar-refractivity contribution < 1.29 is 4.74 Å². The quantitative estimate of drug-likeness (QED) is 0.430. The van der Waals surface area contributed by atoms with Crippen molar-refractivity contribution in [2.75, 3.05) is 13.6 Å². The lowest BCUT2D eigenvalue weighted by Gasteiger charge is -2.18. The fourth-order valence-electron chi connectivity index (χ4n) is 3.78. The lowest BCUT2D eigenvalue weighted by atomic mass is 9.88. The number of benzene rings is 3. The molecule has 4 aromatic rings. The molecule has 0 spiro atoms. The third kappa shape index (κ3) is 3.95. The van der Waals surface area contributed by atoms with E-state index in [-0.39, 0.29) is 0 Å². The molecule has 1 aromatic heterocycles. The maximum Gasteiger partial charge on any atom is 0.129 e. The minimum atomic E-state index is 0.309. The Bertz CT molecular complexity index is 1010. The van der Waals surface area contributed by atoms with Gasteiger partial charge in [-0.25, -0.2) is 0 Å². The molecule has 1 atom stereocenters. The molecule has 0 fully saturated rings. The number of aromatic nitrogens is 1. The van der Waals surface area contributed by atoms with Gasteiger partial charge in [0, 0.05) is 23.0 Å². The van der Waals surface area contributed by atoms with Crippen LogP contribution in [0.25, 0.3) is 10.9 Å². The largest absolute Gasteiger partial charge is 0.488 e. The Balaban J connectivity index is 1.71. The predicted molar refractivity (Wildman–Crippen MR) is 116 cm³/mol. The molecular formula is C25H26N2O. The van der Waals surface area contributed by atoms with E-state index in [0.29, 0.717) is 12.5 Å². The zero-order valence-electron chi connectivity index (χ0n) is 16.2. The van der Waals surface area contributed by atoms with Gasteiger partial charge in [-0.05, 0) is 48.8 Å². The topological polar surface area (TPSA) is 37.0 Å². The van der Waals surface area contributed by atoms with Gasteiger partial charge in [0.15, 0.2) is 0 Å². The van der Waals surface area contributed by atoms with E-state index in [9.17, 15) is 0 Å². The number of ether oxygens (including phenoxy) is 1. The van der Waals surface area contributed by atoms with Gasteiger partial charge < -0.3 is 15.0 Å². The number of H-pyrrole nitrogens is 1. The first kappa shape index (κ1) is 18.3. The van der Waals surface area contributed by atoms with Gasteiger partial charge in [-0.3, -0.25) is 0 Å². The first-order chi connectivity index (χ1) is 13.9. The van der Waals surface area contributed by atoms with Crippen molar-refractivity contribution in [3.8, 4) is 5.75 Å². The number of fused-ring (bicyclic) bond motifs is 1. The van der Waals surface area contributed by atoms with E-state index in [1.165, 1.54) is 22.1 Å². The molecule has 0 amide bonds. The van der Waals surface area contributed by atoms with Crippen LogP contribution in [0.5, 0.6) is 5.75 Å². The van der Waals surface area contributed by atoms with E-state index in [1.54, 1.807) is 0 Å². The van der Waals surface area contributed by atoms with Crippen molar-refractivity contribution in [2.45, 2.75) is 18.9 Å². The number of aromatic amines is 1. The molecule has 28 heavy (non-hydrogen) atoms. The zero-order chi connectivity index (χ0) is 19.2. The van der Waals surface area contributed by atoms with E-state index in [1.807, 2.05) is 31.3 Å². The Morgan fingerprint density at radius 1 is 0.893 bits per heavy atom. The zero-order valence-corrected chi connectivity index (χ0v) is 16.2. The van der Waals surface area contributed by atoms with Gasteiger partial charge in [0.25, 0.3) is 0 Å². The Kier molecular flexibility index (Phi) is 5.74. The molecule has 0 aliphatic heterocycles. The molecule has 142 valence electrons. The summed E-state index contributed by atoms with van der Waals surface area (Å²) < 4.78 is 6.26. The molecule has 0 radical (unpaired) electrons. The lowest BCUT2D eigenvalue weighted by molar-refractivity contribution is 0.310. The van der Waals surface area contributed by atoms with Crippen LogP contribution in [0.15, 0.2) is 85.1 Å². The fourth-order valence-corrected chi connectivity index (χ4v) is 3.78. The summed E-state index contributed by atoms with van der Waals surface area (Å²) in [5, 5.41) is 4.48. The first-order valence-corrected chi connectivity index (χ1v) is 9.83. The van der Waals surface area contributed by atoms with Crippen LogP contribution in [0.3, 0.4) is 0 Å². The standard InChI is InChI=1S/C25H26N2O/c1-26-16-15-21(20-11-6-3-7-12-20)22-17-27-23-13-8-14-24(25(22)23)28-18-19-9-4-2-5-10-19/h2-14,17,21,26-27H,15-16,18H2,1H3. The van der Waals surface area contributed by atoms with E-state index < -0.39 is 0 Å². The smallest absolute Gasteiger partial charge is 0.129 e. The summed E-state index contributed by atoms with van der Waals surface area (Å²) in [6.45, 7) is 1.52. The van der Waals surface area contributed by atoms with Gasteiger partial charge in [0.05, 0.1) is 0 Å². The molecule has 0 aliphatic rings. The minimum absolute atomic E-state index is 0.309. The number of hydrogen-bond acceptors (Lipinski definition) is 2. The second-order valence-electron chi connectivity index (χ2n) is 7.05. The van der Waals surface area contributed by atoms with Crippen LogP contribution >= 0.6 is 0 Å². The van der Waals surface area contributed by atoms with Crippen molar-refractivity contribution in [3.63, 3.8) is 0 Å². The Morgan fingerprint density at radius 3 is 2.39 bits per heavy atom. The van der Waals surface area contributed by atoms with Crippen molar-refractivity contribution in [1.82, 2.24) is 10.3 Å². The third-order valence-electron chi connectivity index (χ3n) is 5.20. The number of rotatable bonds is 8. The molecule has 1 heterocycles. The molecule has 3 nitrogen and oxygen atoms in total. The maximum absolute atomic E-state index is 6.26. The molecule has 0 aliphatic carbocycles. The summed E-state index contributed by atoms with van der Waals surface area (Å²) in [6, 6.07) is 27.3. The average molecular weight is 370 g/mol. The molecule has 1 unspecified atom stereocenters. The maximum atomic E-state index is 6.26. The molecule has 0 saturated heterocycles. The van der Waals surface area contributed by atoms with Crippen LogP contribution in [-0.4, -0.2) is 18.6 Å². The Labute approximate surface area is 166 Å². The minimum Gasteiger partial charge on any atom is -0.488 e. The average Bonchev–Trinajstić information content (AvgIpc) is 3.19. The molecule has 3 heteroatoms. The van der Waals surface area contributed by atoms with Crippen molar-refractivity contribution in [2.24, 2.45) is 0 Å². The molecular weight excluding hydrogens is 344 g/mol. The second kappa shape index (κ2) is 8.77. The van der Waals surface area contributed by atoms with E-state index in [0.717, 1.165) is 24.2 Å². The van der Waals surface area contributed by atoms with Crippen LogP contribution < -0.4 is 10.1 Å². The lowest BCUT2D eigenvalue weighted by Crippen LogP contribution is -2.13. The first-order valence-electron chi connectivity index (χ1n) is 9.83. The van der Waals surface area contributed by atoms with Gasteiger partial charge in [0.2, 0.25) is 0 Å². The SMILES string of the molecule is CNCCC(c1ccccc1)c1c[nH]c2cccc(OCc3ccccc3)c12. The summed E-state index contributed by atoms with van der Waals surface area (Å²) in [7, 11) is 2.01. The number of hydrogen-bond donors (Lipinski definition) is 2. The highest BCUT2D eigenvalue weighted by molar-refractivity contribution is 5.90. The van der Waals surface area contributed by atoms with E-state index in [4.69, 9.17) is 4.74 Å². The summed E-state index contributed by atoms with van der Waals surface area (Å²) in [4.78, 5) is 3.45. The second-order valence-corrected chi connectivity index (χ2v) is 7.05. The molecule has 4 rings (SSSR count). The van der Waals surface area contributed by atoms with Crippen LogP contribution in [0.4, 0.5) is 0 Å². The van der Waals surface area contributed by atoms with Crippen molar-refractivity contribution in [3.05, 3.63) is 102 Å². The van der Waals surface area contributed by atoms with E-state index in [2.05, 4.69) is 71.1 Å². The van der Waals surface area contributed by atoms with Gasteiger partial charge >= 0.3 is 0 Å². The molecule has 3 aromatic carbocycles. The Hall–Kier alpha value is -3.04. The highest BCUT2D eigenvalue weighted by Crippen LogP contribution is 2.38. The van der Waals surface area contributed by atoms with Crippen LogP contribution in [-0.2, 0) is 6.61 Å². The molecule has 2 N–H and O–H groups in total. The van der Waals surface area contributed by atoms with E-state index >= 15 is 0 Å². The monoisotopic (exact) mass is 370 g/mol. The summed E-state index contributed by atoms with van der Waals surface area (Å²) >= 11 is 0. The van der Waals surface area contributed by atoms with Gasteiger partial charge in [-0.1, -0.05) is 66.7 Å². The van der Waals surface area contributed by atoms with Crippen LogP contribution in [0.2, 0.25) is 0 Å². The molecule has 0 bridgehead atoms. The summed E-state index contributed by atoms with van der Waals surface area (Å²) in [5.74, 6) is 1.24. The van der Waals surface area contributed by atoms with Gasteiger partial charge in [0.1, 0.15) is 12.4 Å². The van der Waals surface area contributed by atoms with Gasteiger partial charge in [-0.15, -0.1) is 0 Å². The highest BCUT2D eigenvalue weighted by Gasteiger charge is 2.20. The highest BCUT2D eigenvalue weighted by atomic mass is 16.5. The van der Waals surface area contributed by atoms with Crippen molar-refractivity contribution in [1.29, 1.82) is 0 Å². The van der Waals surface area contributed by atoms with Crippen molar-refractivity contribution >= 4 is 10.9 Å². The van der Waals surface area contributed by atoms with Crippen LogP contribution in [0, 0.1) is 0 Å². The predicted octanol–water partition coefficient (Wildman–Crippen LogP) is 5.49. The summed E-state index contributed by atoms with van der Waals surface area (Å²) in [5.41, 5.74) is 4.91. The fraction of sp³-hybridized carbons (Fsp3) is 0.200. The molecule has 0 saturated carbocycles.